The average molecular weight is 394 g/mol. The highest BCUT2D eigenvalue weighted by molar-refractivity contribution is 7.71. The topological polar surface area (TPSA) is 83.7 Å². The SMILES string of the molecule is CO/N=C1\C[C@@H](c2n[nH]c(=S)o2)N(C(=O)c2ccc(-c3ccccc3)cc2)C1. The van der Waals surface area contributed by atoms with Crippen molar-refractivity contribution in [2.75, 3.05) is 13.7 Å². The lowest BCUT2D eigenvalue weighted by atomic mass is 10.0. The molecule has 28 heavy (non-hydrogen) atoms. The molecule has 1 aliphatic heterocycles. The van der Waals surface area contributed by atoms with Gasteiger partial charge in [-0.1, -0.05) is 47.6 Å². The van der Waals surface area contributed by atoms with Crippen LogP contribution in [0.3, 0.4) is 0 Å². The summed E-state index contributed by atoms with van der Waals surface area (Å²) in [5.74, 6) is 0.232. The first-order chi connectivity index (χ1) is 13.7. The number of H-pyrrole nitrogens is 1. The lowest BCUT2D eigenvalue weighted by Gasteiger charge is -2.21. The number of aromatic amines is 1. The van der Waals surface area contributed by atoms with Gasteiger partial charge in [0.25, 0.3) is 10.7 Å². The predicted molar refractivity (Wildman–Crippen MR) is 106 cm³/mol. The van der Waals surface area contributed by atoms with Crippen LogP contribution in [-0.2, 0) is 4.84 Å². The molecule has 142 valence electrons. The summed E-state index contributed by atoms with van der Waals surface area (Å²) in [5.41, 5.74) is 3.47. The summed E-state index contributed by atoms with van der Waals surface area (Å²) in [7, 11) is 1.48. The molecule has 2 heterocycles. The lowest BCUT2D eigenvalue weighted by molar-refractivity contribution is 0.0718. The van der Waals surface area contributed by atoms with E-state index in [9.17, 15) is 4.79 Å². The molecule has 0 radical (unpaired) electrons. The second-order valence-electron chi connectivity index (χ2n) is 6.39. The molecule has 1 saturated heterocycles. The van der Waals surface area contributed by atoms with Crippen molar-refractivity contribution in [3.63, 3.8) is 0 Å². The molecule has 0 bridgehead atoms. The molecule has 1 atom stereocenters. The van der Waals surface area contributed by atoms with Crippen LogP contribution in [0.2, 0.25) is 0 Å². The number of nitrogens with zero attached hydrogens (tertiary/aromatic N) is 3. The minimum Gasteiger partial charge on any atom is -0.412 e. The van der Waals surface area contributed by atoms with E-state index < -0.39 is 0 Å². The summed E-state index contributed by atoms with van der Waals surface area (Å²) < 4.78 is 5.45. The van der Waals surface area contributed by atoms with Gasteiger partial charge in [0, 0.05) is 12.0 Å². The fraction of sp³-hybridized carbons (Fsp3) is 0.200. The zero-order valence-electron chi connectivity index (χ0n) is 15.2. The third kappa shape index (κ3) is 3.59. The molecular formula is C20H18N4O3S. The molecule has 2 aromatic carbocycles. The van der Waals surface area contributed by atoms with E-state index in [1.165, 1.54) is 7.11 Å². The number of hydrogen-bond acceptors (Lipinski definition) is 6. The van der Waals surface area contributed by atoms with Gasteiger partial charge in [0.1, 0.15) is 13.2 Å². The molecule has 1 N–H and O–H groups in total. The van der Waals surface area contributed by atoms with Crippen molar-refractivity contribution >= 4 is 23.8 Å². The molecule has 0 spiro atoms. The lowest BCUT2D eigenvalue weighted by Crippen LogP contribution is -2.31. The summed E-state index contributed by atoms with van der Waals surface area (Å²) in [4.78, 5) is 19.9. The summed E-state index contributed by atoms with van der Waals surface area (Å²) in [6.45, 7) is 0.340. The molecule has 3 aromatic rings. The third-order valence-electron chi connectivity index (χ3n) is 4.62. The first-order valence-electron chi connectivity index (χ1n) is 8.76. The molecule has 1 amide bonds. The average Bonchev–Trinajstić information content (AvgIpc) is 3.35. The van der Waals surface area contributed by atoms with Gasteiger partial charge in [0.05, 0.1) is 12.3 Å². The van der Waals surface area contributed by atoms with Gasteiger partial charge in [-0.3, -0.25) is 4.79 Å². The second-order valence-corrected chi connectivity index (χ2v) is 6.76. The number of oxime groups is 1. The zero-order valence-corrected chi connectivity index (χ0v) is 16.0. The van der Waals surface area contributed by atoms with Crippen LogP contribution in [0.5, 0.6) is 0 Å². The van der Waals surface area contributed by atoms with Crippen LogP contribution in [0.25, 0.3) is 11.1 Å². The van der Waals surface area contributed by atoms with Gasteiger partial charge in [-0.25, -0.2) is 5.10 Å². The van der Waals surface area contributed by atoms with Crippen molar-refractivity contribution in [3.05, 3.63) is 70.9 Å². The van der Waals surface area contributed by atoms with Crippen molar-refractivity contribution in [2.24, 2.45) is 5.16 Å². The molecule has 7 nitrogen and oxygen atoms in total. The van der Waals surface area contributed by atoms with E-state index in [1.807, 2.05) is 54.6 Å². The van der Waals surface area contributed by atoms with Gasteiger partial charge in [0.15, 0.2) is 0 Å². The van der Waals surface area contributed by atoms with Gasteiger partial charge in [-0.15, -0.1) is 5.10 Å². The predicted octanol–water partition coefficient (Wildman–Crippen LogP) is 3.99. The van der Waals surface area contributed by atoms with E-state index in [-0.39, 0.29) is 16.8 Å². The summed E-state index contributed by atoms with van der Waals surface area (Å²) in [6, 6.07) is 17.2. The van der Waals surface area contributed by atoms with Crippen molar-refractivity contribution in [2.45, 2.75) is 12.5 Å². The number of carbonyl (C=O) groups is 1. The van der Waals surface area contributed by atoms with Crippen molar-refractivity contribution in [1.82, 2.24) is 15.1 Å². The van der Waals surface area contributed by atoms with Gasteiger partial charge in [0.2, 0.25) is 5.89 Å². The van der Waals surface area contributed by atoms with E-state index in [0.717, 1.165) is 16.8 Å². The summed E-state index contributed by atoms with van der Waals surface area (Å²) >= 11 is 4.96. The second kappa shape index (κ2) is 7.77. The number of benzene rings is 2. The Morgan fingerprint density at radius 1 is 1.21 bits per heavy atom. The van der Waals surface area contributed by atoms with E-state index in [2.05, 4.69) is 15.4 Å². The van der Waals surface area contributed by atoms with Gasteiger partial charge >= 0.3 is 0 Å². The van der Waals surface area contributed by atoms with Crippen LogP contribution in [0, 0.1) is 4.84 Å². The van der Waals surface area contributed by atoms with Gasteiger partial charge in [-0.2, -0.15) is 0 Å². The molecule has 8 heteroatoms. The van der Waals surface area contributed by atoms with E-state index in [4.69, 9.17) is 21.5 Å². The maximum atomic E-state index is 13.2. The standard InChI is InChI=1S/C20H18N4O3S/c1-26-23-16-11-17(18-21-22-20(28)27-18)24(12-16)19(25)15-9-7-14(8-10-15)13-5-3-2-4-6-13/h2-10,17H,11-12H2,1H3,(H,22,28)/b23-16+/t17-/m0/s1. The molecular weight excluding hydrogens is 376 g/mol. The number of hydrogen-bond donors (Lipinski definition) is 1. The number of nitrogens with one attached hydrogen (secondary N) is 1. The Labute approximate surface area is 166 Å². The fourth-order valence-corrected chi connectivity index (χ4v) is 3.45. The minimum absolute atomic E-state index is 0.130. The van der Waals surface area contributed by atoms with Crippen LogP contribution < -0.4 is 0 Å². The number of aromatic nitrogens is 2. The molecule has 0 aliphatic carbocycles. The highest BCUT2D eigenvalue weighted by Gasteiger charge is 2.37. The summed E-state index contributed by atoms with van der Waals surface area (Å²) in [6.07, 6.45) is 0.477. The van der Waals surface area contributed by atoms with E-state index >= 15 is 0 Å². The Balaban J connectivity index is 1.61. The third-order valence-corrected chi connectivity index (χ3v) is 4.79. The van der Waals surface area contributed by atoms with Crippen LogP contribution in [-0.4, -0.2) is 40.4 Å². The summed E-state index contributed by atoms with van der Waals surface area (Å²) in [5, 5.41) is 10.7. The Bertz CT molecular complexity index is 1060. The number of rotatable bonds is 4. The Hall–Kier alpha value is -3.26. The molecule has 4 rings (SSSR count). The van der Waals surface area contributed by atoms with Crippen LogP contribution in [0.4, 0.5) is 0 Å². The Kier molecular flexibility index (Phi) is 5.03. The minimum atomic E-state index is -0.386. The number of amides is 1. The van der Waals surface area contributed by atoms with Crippen molar-refractivity contribution < 1.29 is 14.0 Å². The first kappa shape index (κ1) is 18.1. The van der Waals surface area contributed by atoms with Crippen molar-refractivity contribution in [1.29, 1.82) is 0 Å². The highest BCUT2D eigenvalue weighted by Crippen LogP contribution is 2.31. The number of carbonyl (C=O) groups excluding carboxylic acids is 1. The normalized spacial score (nSPS) is 17.8. The smallest absolute Gasteiger partial charge is 0.284 e. The van der Waals surface area contributed by atoms with E-state index in [0.29, 0.717) is 24.4 Å². The largest absolute Gasteiger partial charge is 0.412 e. The maximum absolute atomic E-state index is 13.2. The Morgan fingerprint density at radius 2 is 1.93 bits per heavy atom. The molecule has 1 aromatic heterocycles. The molecule has 0 unspecified atom stereocenters. The van der Waals surface area contributed by atoms with Gasteiger partial charge < -0.3 is 14.2 Å². The molecule has 0 saturated carbocycles. The first-order valence-corrected chi connectivity index (χ1v) is 9.17. The monoisotopic (exact) mass is 394 g/mol. The molecule has 1 fully saturated rings. The fourth-order valence-electron chi connectivity index (χ4n) is 3.32. The Morgan fingerprint density at radius 3 is 2.57 bits per heavy atom. The quantitative estimate of drug-likeness (QED) is 0.534. The van der Waals surface area contributed by atoms with Crippen LogP contribution in [0.1, 0.15) is 28.7 Å². The maximum Gasteiger partial charge on any atom is 0.284 e. The van der Waals surface area contributed by atoms with Gasteiger partial charge in [-0.05, 0) is 35.5 Å². The number of likely N-dealkylation sites (tertiary alicyclic amines) is 1. The highest BCUT2D eigenvalue weighted by atomic mass is 32.1. The zero-order chi connectivity index (χ0) is 19.5. The van der Waals surface area contributed by atoms with Crippen LogP contribution >= 0.6 is 12.2 Å². The molecule has 1 aliphatic rings. The van der Waals surface area contributed by atoms with Crippen molar-refractivity contribution in [3.8, 4) is 11.1 Å². The van der Waals surface area contributed by atoms with Crippen LogP contribution in [0.15, 0.2) is 64.2 Å². The van der Waals surface area contributed by atoms with E-state index in [1.54, 1.807) is 4.90 Å².